The van der Waals surface area contributed by atoms with Crippen molar-refractivity contribution in [2.75, 3.05) is 0 Å². The van der Waals surface area contributed by atoms with Gasteiger partial charge in [0.2, 0.25) is 0 Å². The molecular formula is C45H51F3SiZr-4. The Labute approximate surface area is 316 Å². The first-order valence-electron chi connectivity index (χ1n) is 16.4. The SMILES string of the molecule is CC(C)c1cc2c(-c3ccc(C(C)(C)C)cc3)cccc2[cH-]1.Cc1cc2c(-c3ccc(C(C)(C)C)cc3)ccc(C(F)(F)F)c2[cH-]1.[CH3-].[CH3-].[Si]=[Zr]. The van der Waals surface area contributed by atoms with E-state index in [1.54, 1.807) is 12.1 Å². The molecule has 6 aromatic rings. The summed E-state index contributed by atoms with van der Waals surface area (Å²) in [6.45, 7) is 22.6. The number of halogens is 3. The van der Waals surface area contributed by atoms with Crippen LogP contribution in [0.15, 0.2) is 103 Å². The van der Waals surface area contributed by atoms with Gasteiger partial charge in [-0.3, -0.25) is 0 Å². The second kappa shape index (κ2) is 17.0. The van der Waals surface area contributed by atoms with Gasteiger partial charge in [0, 0.05) is 0 Å². The Morgan fingerprint density at radius 3 is 1.54 bits per heavy atom. The van der Waals surface area contributed by atoms with Crippen molar-refractivity contribution in [3.05, 3.63) is 146 Å². The van der Waals surface area contributed by atoms with Crippen molar-refractivity contribution in [2.24, 2.45) is 0 Å². The second-order valence-corrected chi connectivity index (χ2v) is 14.9. The molecule has 0 aliphatic rings. The molecular weight excluding hydrogens is 717 g/mol. The van der Waals surface area contributed by atoms with Crippen molar-refractivity contribution in [3.63, 3.8) is 0 Å². The maximum atomic E-state index is 13.2. The molecule has 0 atom stereocenters. The van der Waals surface area contributed by atoms with Gasteiger partial charge in [-0.15, -0.1) is 56.9 Å². The molecule has 0 aromatic heterocycles. The van der Waals surface area contributed by atoms with E-state index in [2.05, 4.69) is 129 Å². The number of rotatable bonds is 3. The molecule has 0 nitrogen and oxygen atoms in total. The van der Waals surface area contributed by atoms with Crippen molar-refractivity contribution >= 4 is 28.4 Å². The molecule has 0 aliphatic carbocycles. The summed E-state index contributed by atoms with van der Waals surface area (Å²) in [4.78, 5) is 0. The first-order valence-corrected chi connectivity index (χ1v) is 20.6. The van der Waals surface area contributed by atoms with Gasteiger partial charge in [-0.1, -0.05) is 140 Å². The van der Waals surface area contributed by atoms with Gasteiger partial charge in [-0.05, 0) is 44.6 Å². The summed E-state index contributed by atoms with van der Waals surface area (Å²) < 4.78 is 39.7. The number of benzene rings is 4. The van der Waals surface area contributed by atoms with E-state index in [1.165, 1.54) is 68.0 Å². The molecule has 0 aliphatic heterocycles. The minimum atomic E-state index is -4.34. The zero-order valence-electron chi connectivity index (χ0n) is 31.5. The van der Waals surface area contributed by atoms with Gasteiger partial charge in [0.1, 0.15) is 0 Å². The van der Waals surface area contributed by atoms with E-state index in [4.69, 9.17) is 0 Å². The van der Waals surface area contributed by atoms with E-state index < -0.39 is 11.7 Å². The standard InChI is InChI=1S/C22H25.C21H20F3.2CH3.Si.Zr/c1-15(2)18-13-17-7-6-8-20(21(17)14-18)16-9-11-19(12-10-16)22(3,4)5;1-13-11-17-16(9-10-19(18(17)12-13)21(22,23)24)14-5-7-15(8-6-14)20(2,3)4;;;;/h6-15H,1-5H3;5-12H,1-4H3;2*1H3;;/q4*-1;;. The summed E-state index contributed by atoms with van der Waals surface area (Å²) in [7, 11) is 0. The van der Waals surface area contributed by atoms with Crippen molar-refractivity contribution in [1.29, 1.82) is 0 Å². The summed E-state index contributed by atoms with van der Waals surface area (Å²) in [5, 5.41) is 3.65. The Bertz CT molecular complexity index is 1970. The third-order valence-electron chi connectivity index (χ3n) is 8.90. The van der Waals surface area contributed by atoms with Gasteiger partial charge in [-0.2, -0.15) is 25.3 Å². The predicted octanol–water partition coefficient (Wildman–Crippen LogP) is 14.0. The van der Waals surface area contributed by atoms with Gasteiger partial charge in [0.15, 0.2) is 0 Å². The average molecular weight is 768 g/mol. The first-order chi connectivity index (χ1) is 22.4. The fourth-order valence-corrected chi connectivity index (χ4v) is 6.09. The Balaban J connectivity index is 0.000000319. The van der Waals surface area contributed by atoms with Crippen LogP contribution in [0.25, 0.3) is 43.8 Å². The number of fused-ring (bicyclic) bond motifs is 2. The molecule has 0 saturated carbocycles. The van der Waals surface area contributed by atoms with E-state index >= 15 is 0 Å². The molecule has 0 bridgehead atoms. The van der Waals surface area contributed by atoms with Crippen LogP contribution in [-0.4, -0.2) is 6.88 Å². The van der Waals surface area contributed by atoms with Crippen LogP contribution in [0, 0.1) is 21.8 Å². The topological polar surface area (TPSA) is 0 Å². The van der Waals surface area contributed by atoms with Crippen molar-refractivity contribution < 1.29 is 36.5 Å². The number of alkyl halides is 3. The van der Waals surface area contributed by atoms with Crippen LogP contribution in [0.4, 0.5) is 13.2 Å². The number of aryl methyl sites for hydroxylation is 1. The monoisotopic (exact) mass is 766 g/mol. The van der Waals surface area contributed by atoms with E-state index in [-0.39, 0.29) is 31.1 Å². The molecule has 50 heavy (non-hydrogen) atoms. The van der Waals surface area contributed by atoms with Crippen molar-refractivity contribution in [3.8, 4) is 22.3 Å². The van der Waals surface area contributed by atoms with Crippen LogP contribution in [0.2, 0.25) is 0 Å². The summed E-state index contributed by atoms with van der Waals surface area (Å²) >= 11 is 1.36. The zero-order chi connectivity index (χ0) is 35.6. The number of hydrogen-bond acceptors (Lipinski definition) is 0. The van der Waals surface area contributed by atoms with Crippen LogP contribution in [0.5, 0.6) is 0 Å². The quantitative estimate of drug-likeness (QED) is 0.124. The predicted molar refractivity (Wildman–Crippen MR) is 210 cm³/mol. The second-order valence-electron chi connectivity index (χ2n) is 14.9. The van der Waals surface area contributed by atoms with E-state index in [1.807, 2.05) is 25.1 Å². The average Bonchev–Trinajstić information content (AvgIpc) is 3.64. The molecule has 0 amide bonds. The molecule has 0 fully saturated rings. The third-order valence-corrected chi connectivity index (χ3v) is 8.90. The van der Waals surface area contributed by atoms with Crippen molar-refractivity contribution in [2.45, 2.75) is 85.2 Å². The van der Waals surface area contributed by atoms with Gasteiger partial charge in [-0.25, -0.2) is 0 Å². The summed E-state index contributed by atoms with van der Waals surface area (Å²) in [6.07, 6.45) is -4.34. The first kappa shape index (κ1) is 43.2. The Kier molecular flexibility index (Phi) is 14.7. The van der Waals surface area contributed by atoms with Crippen LogP contribution in [-0.2, 0) is 40.3 Å². The van der Waals surface area contributed by atoms with E-state index in [9.17, 15) is 13.2 Å². The van der Waals surface area contributed by atoms with Gasteiger partial charge >= 0.3 is 36.4 Å². The van der Waals surface area contributed by atoms with Crippen LogP contribution < -0.4 is 0 Å². The normalized spacial score (nSPS) is 11.6. The van der Waals surface area contributed by atoms with Crippen LogP contribution in [0.3, 0.4) is 0 Å². The van der Waals surface area contributed by atoms with Gasteiger partial charge < -0.3 is 14.9 Å². The summed E-state index contributed by atoms with van der Waals surface area (Å²) in [6, 6.07) is 34.6. The molecule has 2 radical (unpaired) electrons. The fourth-order valence-electron chi connectivity index (χ4n) is 6.09. The molecule has 264 valence electrons. The summed E-state index contributed by atoms with van der Waals surface area (Å²) in [5.74, 6) is 0.573. The van der Waals surface area contributed by atoms with Crippen molar-refractivity contribution in [1.82, 2.24) is 0 Å². The Morgan fingerprint density at radius 2 is 1.10 bits per heavy atom. The van der Waals surface area contributed by atoms with Gasteiger partial charge in [0.05, 0.1) is 0 Å². The molecule has 5 heteroatoms. The van der Waals surface area contributed by atoms with E-state index in [0.29, 0.717) is 11.3 Å². The summed E-state index contributed by atoms with van der Waals surface area (Å²) in [5.41, 5.74) is 8.95. The molecule has 0 heterocycles. The molecule has 0 saturated heterocycles. The maximum absolute atomic E-state index is 13.2. The molecule has 0 spiro atoms. The Morgan fingerprint density at radius 1 is 0.620 bits per heavy atom. The zero-order valence-corrected chi connectivity index (χ0v) is 35.0. The Hall–Kier alpha value is -3.01. The number of hydrogen-bond donors (Lipinski definition) is 0. The molecule has 0 N–H and O–H groups in total. The van der Waals surface area contributed by atoms with E-state index in [0.717, 1.165) is 16.7 Å². The minimum absolute atomic E-state index is 0. The van der Waals surface area contributed by atoms with Crippen LogP contribution in [0.1, 0.15) is 89.1 Å². The molecule has 0 unspecified atom stereocenters. The van der Waals surface area contributed by atoms with Crippen LogP contribution >= 0.6 is 0 Å². The molecule has 6 rings (SSSR count). The molecule has 6 aromatic carbocycles. The fraction of sp³-hybridized carbons (Fsp3) is 0.289. The third kappa shape index (κ3) is 9.86. The van der Waals surface area contributed by atoms with Gasteiger partial charge in [0.25, 0.3) is 0 Å².